The zero-order chi connectivity index (χ0) is 22.2. The van der Waals surface area contributed by atoms with Gasteiger partial charge in [0, 0.05) is 13.1 Å². The Morgan fingerprint density at radius 3 is 2.26 bits per heavy atom. The average molecular weight is 447 g/mol. The molecule has 31 heavy (non-hydrogen) atoms. The fraction of sp³-hybridized carbons (Fsp3) is 0.667. The minimum atomic E-state index is -0.899. The lowest BCUT2D eigenvalue weighted by molar-refractivity contribution is -0.234. The number of Topliss-reactive ketones (excluding diaryl/α,β-unsaturated/α-hetero) is 1. The van der Waals surface area contributed by atoms with Crippen molar-refractivity contribution in [3.63, 3.8) is 0 Å². The molecule has 0 radical (unpaired) electrons. The Kier molecular flexibility index (Phi) is 6.77. The standard InChI is InChI=1S/C24H34N2O4S/c1-16-13-17(2)20(18(3)14-16)21-22(27)24(7-9-25(29-4)10-8-24)26(23(21)28)30-15-19-5-11-31-12-6-19/h13-14,19,21H,5-12,15H2,1-4H3. The molecule has 1 atom stereocenters. The predicted octanol–water partition coefficient (Wildman–Crippen LogP) is 3.58. The third-order valence-corrected chi connectivity index (χ3v) is 8.22. The van der Waals surface area contributed by atoms with Gasteiger partial charge in [0.05, 0.1) is 13.7 Å². The Morgan fingerprint density at radius 2 is 1.68 bits per heavy atom. The molecule has 0 saturated carbocycles. The normalized spacial score (nSPS) is 25.0. The molecule has 0 aliphatic carbocycles. The van der Waals surface area contributed by atoms with Crippen LogP contribution in [0.5, 0.6) is 0 Å². The second-order valence-electron chi connectivity index (χ2n) is 9.24. The molecule has 1 aromatic carbocycles. The maximum Gasteiger partial charge on any atom is 0.262 e. The lowest BCUT2D eigenvalue weighted by Gasteiger charge is -2.41. The highest BCUT2D eigenvalue weighted by molar-refractivity contribution is 7.99. The first-order valence-electron chi connectivity index (χ1n) is 11.3. The molecule has 0 N–H and O–H groups in total. The van der Waals surface area contributed by atoms with Crippen LogP contribution in [0.15, 0.2) is 12.1 Å². The van der Waals surface area contributed by atoms with Gasteiger partial charge >= 0.3 is 0 Å². The van der Waals surface area contributed by atoms with Crippen molar-refractivity contribution in [3.8, 4) is 0 Å². The number of nitrogens with zero attached hydrogens (tertiary/aromatic N) is 2. The number of carbonyl (C=O) groups excluding carboxylic acids is 2. The topological polar surface area (TPSA) is 59.1 Å². The highest BCUT2D eigenvalue weighted by Crippen LogP contribution is 2.45. The van der Waals surface area contributed by atoms with Gasteiger partial charge in [0.2, 0.25) is 0 Å². The third-order valence-electron chi connectivity index (χ3n) is 7.17. The maximum absolute atomic E-state index is 13.9. The highest BCUT2D eigenvalue weighted by Gasteiger charge is 2.61. The van der Waals surface area contributed by atoms with Crippen molar-refractivity contribution in [1.82, 2.24) is 10.1 Å². The molecule has 3 aliphatic rings. The summed E-state index contributed by atoms with van der Waals surface area (Å²) in [6.45, 7) is 7.76. The lowest BCUT2D eigenvalue weighted by Crippen LogP contribution is -2.56. The molecule has 4 rings (SSSR count). The van der Waals surface area contributed by atoms with Crippen LogP contribution in [0.4, 0.5) is 0 Å². The Hall–Kier alpha value is -1.41. The van der Waals surface area contributed by atoms with E-state index in [1.165, 1.54) is 5.06 Å². The number of amides is 1. The van der Waals surface area contributed by atoms with Gasteiger partial charge < -0.3 is 4.84 Å². The van der Waals surface area contributed by atoms with Gasteiger partial charge in [-0.2, -0.15) is 16.8 Å². The van der Waals surface area contributed by atoms with Crippen molar-refractivity contribution < 1.29 is 19.3 Å². The monoisotopic (exact) mass is 446 g/mol. The largest absolute Gasteiger partial charge is 0.302 e. The van der Waals surface area contributed by atoms with Gasteiger partial charge in [-0.15, -0.1) is 0 Å². The molecule has 3 fully saturated rings. The van der Waals surface area contributed by atoms with Crippen molar-refractivity contribution in [2.45, 2.75) is 57.9 Å². The van der Waals surface area contributed by atoms with E-state index >= 15 is 0 Å². The lowest BCUT2D eigenvalue weighted by atomic mass is 9.79. The average Bonchev–Trinajstić information content (AvgIpc) is 2.94. The van der Waals surface area contributed by atoms with Gasteiger partial charge in [-0.25, -0.2) is 5.06 Å². The Bertz CT molecular complexity index is 821. The number of hydrogen-bond acceptors (Lipinski definition) is 6. The Labute approximate surface area is 189 Å². The maximum atomic E-state index is 13.9. The van der Waals surface area contributed by atoms with Crippen LogP contribution in [-0.2, 0) is 19.3 Å². The molecule has 1 unspecified atom stereocenters. The summed E-state index contributed by atoms with van der Waals surface area (Å²) >= 11 is 1.97. The molecule has 6 nitrogen and oxygen atoms in total. The van der Waals surface area contributed by atoms with Crippen molar-refractivity contribution in [3.05, 3.63) is 34.4 Å². The number of aryl methyl sites for hydroxylation is 3. The minimum Gasteiger partial charge on any atom is -0.302 e. The molecule has 3 aliphatic heterocycles. The molecule has 7 heteroatoms. The van der Waals surface area contributed by atoms with Crippen molar-refractivity contribution in [1.29, 1.82) is 0 Å². The first kappa shape index (κ1) is 22.8. The van der Waals surface area contributed by atoms with Crippen LogP contribution in [0.3, 0.4) is 0 Å². The predicted molar refractivity (Wildman–Crippen MR) is 122 cm³/mol. The molecular weight excluding hydrogens is 412 g/mol. The van der Waals surface area contributed by atoms with E-state index in [0.29, 0.717) is 38.5 Å². The second kappa shape index (κ2) is 9.22. The first-order chi connectivity index (χ1) is 14.9. The van der Waals surface area contributed by atoms with E-state index in [2.05, 4.69) is 12.1 Å². The molecule has 0 aromatic heterocycles. The van der Waals surface area contributed by atoms with Crippen molar-refractivity contribution in [2.75, 3.05) is 38.3 Å². The fourth-order valence-corrected chi connectivity index (χ4v) is 6.68. The van der Waals surface area contributed by atoms with Gasteiger partial charge in [-0.3, -0.25) is 14.4 Å². The molecule has 3 heterocycles. The smallest absolute Gasteiger partial charge is 0.262 e. The molecule has 0 bridgehead atoms. The summed E-state index contributed by atoms with van der Waals surface area (Å²) < 4.78 is 0. The van der Waals surface area contributed by atoms with E-state index in [-0.39, 0.29) is 11.7 Å². The van der Waals surface area contributed by atoms with Gasteiger partial charge in [-0.05, 0) is 80.6 Å². The minimum absolute atomic E-state index is 0.0116. The molecular formula is C24H34N2O4S. The summed E-state index contributed by atoms with van der Waals surface area (Å²) in [5, 5.41) is 3.35. The van der Waals surface area contributed by atoms with Crippen LogP contribution in [0.1, 0.15) is 53.9 Å². The van der Waals surface area contributed by atoms with Crippen LogP contribution >= 0.6 is 11.8 Å². The molecule has 1 spiro atoms. The van der Waals surface area contributed by atoms with E-state index in [4.69, 9.17) is 9.68 Å². The second-order valence-corrected chi connectivity index (χ2v) is 10.5. The third kappa shape index (κ3) is 4.17. The van der Waals surface area contributed by atoms with Crippen molar-refractivity contribution in [2.24, 2.45) is 5.92 Å². The van der Waals surface area contributed by atoms with E-state index in [0.717, 1.165) is 46.6 Å². The summed E-state index contributed by atoms with van der Waals surface area (Å²) in [5.41, 5.74) is 3.10. The van der Waals surface area contributed by atoms with Crippen molar-refractivity contribution >= 4 is 23.5 Å². The quantitative estimate of drug-likeness (QED) is 0.645. The summed E-state index contributed by atoms with van der Waals surface area (Å²) in [5.74, 6) is 1.73. The van der Waals surface area contributed by atoms with Crippen LogP contribution < -0.4 is 0 Å². The summed E-state index contributed by atoms with van der Waals surface area (Å²) in [6.07, 6.45) is 3.27. The van der Waals surface area contributed by atoms with Gasteiger partial charge in [0.15, 0.2) is 5.78 Å². The van der Waals surface area contributed by atoms with Crippen LogP contribution in [0.2, 0.25) is 0 Å². The van der Waals surface area contributed by atoms with Gasteiger partial charge in [0.1, 0.15) is 11.5 Å². The number of piperidine rings is 1. The molecule has 1 aromatic rings. The summed E-state index contributed by atoms with van der Waals surface area (Å²) in [4.78, 5) is 39.3. The highest BCUT2D eigenvalue weighted by atomic mass is 32.2. The first-order valence-corrected chi connectivity index (χ1v) is 12.5. The fourth-order valence-electron chi connectivity index (χ4n) is 5.48. The molecule has 1 amide bonds. The van der Waals surface area contributed by atoms with E-state index < -0.39 is 11.5 Å². The molecule has 3 saturated heterocycles. The van der Waals surface area contributed by atoms with Crippen LogP contribution in [0, 0.1) is 26.7 Å². The number of rotatable bonds is 5. The Morgan fingerprint density at radius 1 is 1.06 bits per heavy atom. The summed E-state index contributed by atoms with van der Waals surface area (Å²) in [7, 11) is 1.65. The van der Waals surface area contributed by atoms with Gasteiger partial charge in [-0.1, -0.05) is 17.7 Å². The number of ketones is 1. The zero-order valence-corrected chi connectivity index (χ0v) is 19.9. The molecule has 170 valence electrons. The van der Waals surface area contributed by atoms with E-state index in [9.17, 15) is 9.59 Å². The Balaban J connectivity index is 1.66. The number of carbonyl (C=O) groups is 2. The zero-order valence-electron chi connectivity index (χ0n) is 19.1. The summed E-state index contributed by atoms with van der Waals surface area (Å²) in [6, 6.07) is 4.12. The number of hydroxylamine groups is 4. The number of benzene rings is 1. The van der Waals surface area contributed by atoms with Gasteiger partial charge in [0.25, 0.3) is 5.91 Å². The SMILES string of the molecule is CON1CCC2(CC1)C(=O)C(c1c(C)cc(C)cc1C)C(=O)N2OCC1CCSCC1. The van der Waals surface area contributed by atoms with Crippen LogP contribution in [0.25, 0.3) is 0 Å². The van der Waals surface area contributed by atoms with E-state index in [1.807, 2.05) is 37.6 Å². The van der Waals surface area contributed by atoms with E-state index in [1.54, 1.807) is 7.11 Å². The van der Waals surface area contributed by atoms with Crippen LogP contribution in [-0.4, -0.2) is 65.7 Å². The number of hydrogen-bond donors (Lipinski definition) is 0. The number of thioether (sulfide) groups is 1.